The van der Waals surface area contributed by atoms with Gasteiger partial charge < -0.3 is 19.9 Å². The average molecular weight is 490 g/mol. The lowest BCUT2D eigenvalue weighted by molar-refractivity contribution is -0.118. The molecule has 166 valence electrons. The van der Waals surface area contributed by atoms with Crippen LogP contribution in [0.5, 0.6) is 5.75 Å². The van der Waals surface area contributed by atoms with E-state index in [1.807, 2.05) is 34.5 Å². The fourth-order valence-corrected chi connectivity index (χ4v) is 4.54. The molecule has 1 aromatic heterocycles. The maximum atomic E-state index is 12.5. The number of carbonyl (C=O) groups excluding carboxylic acids is 2. The predicted molar refractivity (Wildman–Crippen MR) is 129 cm³/mol. The van der Waals surface area contributed by atoms with Gasteiger partial charge in [0.05, 0.1) is 15.6 Å². The molecule has 1 saturated heterocycles. The van der Waals surface area contributed by atoms with E-state index in [1.54, 1.807) is 30.3 Å². The van der Waals surface area contributed by atoms with Gasteiger partial charge in [0.1, 0.15) is 5.75 Å². The van der Waals surface area contributed by atoms with Gasteiger partial charge >= 0.3 is 0 Å². The molecule has 1 fully saturated rings. The number of hydrogen-bond acceptors (Lipinski definition) is 5. The van der Waals surface area contributed by atoms with Crippen molar-refractivity contribution in [3.8, 4) is 5.75 Å². The SMILES string of the molecule is O=C(COc1ccc(Cl)cc1)Nc1ccc(N2CCN(C(=O)c3cccs3)CC2)c(Cl)c1. The summed E-state index contributed by atoms with van der Waals surface area (Å²) in [6, 6.07) is 16.0. The first kappa shape index (κ1) is 22.5. The number of benzene rings is 2. The van der Waals surface area contributed by atoms with Crippen LogP contribution in [0.3, 0.4) is 0 Å². The molecule has 2 amide bonds. The predicted octanol–water partition coefficient (Wildman–Crippen LogP) is 5.03. The minimum absolute atomic E-state index is 0.0737. The van der Waals surface area contributed by atoms with E-state index in [9.17, 15) is 9.59 Å². The number of hydrogen-bond donors (Lipinski definition) is 1. The molecule has 4 rings (SSSR count). The summed E-state index contributed by atoms with van der Waals surface area (Å²) in [5, 5.41) is 5.84. The summed E-state index contributed by atoms with van der Waals surface area (Å²) in [7, 11) is 0. The fraction of sp³-hybridized carbons (Fsp3) is 0.217. The van der Waals surface area contributed by atoms with Crippen molar-refractivity contribution in [1.29, 1.82) is 0 Å². The maximum absolute atomic E-state index is 12.5. The van der Waals surface area contributed by atoms with Crippen LogP contribution in [-0.4, -0.2) is 49.5 Å². The van der Waals surface area contributed by atoms with Crippen molar-refractivity contribution in [3.63, 3.8) is 0 Å². The first-order valence-corrected chi connectivity index (χ1v) is 11.7. The number of carbonyl (C=O) groups is 2. The highest BCUT2D eigenvalue weighted by atomic mass is 35.5. The van der Waals surface area contributed by atoms with Crippen LogP contribution < -0.4 is 15.0 Å². The second-order valence-electron chi connectivity index (χ2n) is 7.21. The Kier molecular flexibility index (Phi) is 7.19. The van der Waals surface area contributed by atoms with Crippen molar-refractivity contribution >= 4 is 57.7 Å². The zero-order chi connectivity index (χ0) is 22.5. The maximum Gasteiger partial charge on any atom is 0.264 e. The smallest absolute Gasteiger partial charge is 0.264 e. The number of piperazine rings is 1. The lowest BCUT2D eigenvalue weighted by Gasteiger charge is -2.36. The van der Waals surface area contributed by atoms with Gasteiger partial charge in [-0.15, -0.1) is 11.3 Å². The van der Waals surface area contributed by atoms with Gasteiger partial charge in [0.2, 0.25) is 0 Å². The number of rotatable bonds is 6. The number of ether oxygens (including phenoxy) is 1. The topological polar surface area (TPSA) is 61.9 Å². The van der Waals surface area contributed by atoms with E-state index >= 15 is 0 Å². The standard InChI is InChI=1S/C23H21Cl2N3O3S/c24-16-3-6-18(7-4-16)31-15-22(29)26-17-5-8-20(19(25)14-17)27-9-11-28(12-10-27)23(30)21-2-1-13-32-21/h1-8,13-14H,9-12,15H2,(H,26,29). The quantitative estimate of drug-likeness (QED) is 0.526. The van der Waals surface area contributed by atoms with E-state index in [0.29, 0.717) is 47.7 Å². The molecule has 1 N–H and O–H groups in total. The second-order valence-corrected chi connectivity index (χ2v) is 9.00. The Morgan fingerprint density at radius 2 is 1.75 bits per heavy atom. The molecular formula is C23H21Cl2N3O3S. The molecular weight excluding hydrogens is 469 g/mol. The molecule has 9 heteroatoms. The van der Waals surface area contributed by atoms with Crippen LogP contribution in [0.4, 0.5) is 11.4 Å². The molecule has 2 heterocycles. The molecule has 0 atom stereocenters. The molecule has 0 saturated carbocycles. The van der Waals surface area contributed by atoms with Crippen LogP contribution in [0, 0.1) is 0 Å². The monoisotopic (exact) mass is 489 g/mol. The van der Waals surface area contributed by atoms with Gasteiger partial charge in [-0.2, -0.15) is 0 Å². The molecule has 1 aliphatic rings. The first-order chi connectivity index (χ1) is 15.5. The van der Waals surface area contributed by atoms with E-state index in [2.05, 4.69) is 10.2 Å². The van der Waals surface area contributed by atoms with Crippen LogP contribution in [0.1, 0.15) is 9.67 Å². The summed E-state index contributed by atoms with van der Waals surface area (Å²) >= 11 is 13.8. The van der Waals surface area contributed by atoms with Gasteiger partial charge in [0.25, 0.3) is 11.8 Å². The Labute approximate surface area is 200 Å². The van der Waals surface area contributed by atoms with Crippen molar-refractivity contribution < 1.29 is 14.3 Å². The molecule has 32 heavy (non-hydrogen) atoms. The molecule has 0 unspecified atom stereocenters. The van der Waals surface area contributed by atoms with Crippen LogP contribution in [0.25, 0.3) is 0 Å². The van der Waals surface area contributed by atoms with Crippen molar-refractivity contribution in [2.24, 2.45) is 0 Å². The lowest BCUT2D eigenvalue weighted by atomic mass is 10.2. The zero-order valence-electron chi connectivity index (χ0n) is 17.1. The van der Waals surface area contributed by atoms with Crippen molar-refractivity contribution in [3.05, 3.63) is 74.9 Å². The third-order valence-electron chi connectivity index (χ3n) is 5.05. The van der Waals surface area contributed by atoms with Crippen LogP contribution in [0.2, 0.25) is 10.0 Å². The fourth-order valence-electron chi connectivity index (χ4n) is 3.42. The summed E-state index contributed by atoms with van der Waals surface area (Å²) in [5.41, 5.74) is 1.47. The normalized spacial score (nSPS) is 13.7. The number of nitrogens with zero attached hydrogens (tertiary/aromatic N) is 2. The Morgan fingerprint density at radius 3 is 2.41 bits per heavy atom. The highest BCUT2D eigenvalue weighted by Crippen LogP contribution is 2.30. The van der Waals surface area contributed by atoms with Crippen LogP contribution in [-0.2, 0) is 4.79 Å². The Hall–Kier alpha value is -2.74. The number of amides is 2. The minimum Gasteiger partial charge on any atom is -0.484 e. The van der Waals surface area contributed by atoms with Gasteiger partial charge in [-0.1, -0.05) is 29.3 Å². The molecule has 0 radical (unpaired) electrons. The van der Waals surface area contributed by atoms with E-state index in [4.69, 9.17) is 27.9 Å². The molecule has 0 aliphatic carbocycles. The third kappa shape index (κ3) is 5.54. The van der Waals surface area contributed by atoms with E-state index in [-0.39, 0.29) is 18.4 Å². The second kappa shape index (κ2) is 10.3. The Morgan fingerprint density at radius 1 is 1.00 bits per heavy atom. The van der Waals surface area contributed by atoms with E-state index in [0.717, 1.165) is 10.6 Å². The summed E-state index contributed by atoms with van der Waals surface area (Å²) < 4.78 is 5.46. The summed E-state index contributed by atoms with van der Waals surface area (Å²) in [6.45, 7) is 2.53. The number of nitrogens with one attached hydrogen (secondary N) is 1. The molecule has 2 aromatic carbocycles. The lowest BCUT2D eigenvalue weighted by Crippen LogP contribution is -2.48. The van der Waals surface area contributed by atoms with Gasteiger partial charge in [0.15, 0.2) is 6.61 Å². The highest BCUT2D eigenvalue weighted by molar-refractivity contribution is 7.12. The first-order valence-electron chi connectivity index (χ1n) is 10.0. The molecule has 6 nitrogen and oxygen atoms in total. The van der Waals surface area contributed by atoms with Gasteiger partial charge in [-0.25, -0.2) is 0 Å². The largest absolute Gasteiger partial charge is 0.484 e. The summed E-state index contributed by atoms with van der Waals surface area (Å²) in [6.07, 6.45) is 0. The minimum atomic E-state index is -0.288. The molecule has 1 aliphatic heterocycles. The Bertz CT molecular complexity index is 1080. The number of thiophene rings is 1. The van der Waals surface area contributed by atoms with Crippen LogP contribution >= 0.6 is 34.5 Å². The molecule has 0 spiro atoms. The van der Waals surface area contributed by atoms with Crippen molar-refractivity contribution in [2.75, 3.05) is 43.0 Å². The van der Waals surface area contributed by atoms with Crippen molar-refractivity contribution in [1.82, 2.24) is 4.90 Å². The van der Waals surface area contributed by atoms with E-state index < -0.39 is 0 Å². The third-order valence-corrected chi connectivity index (χ3v) is 6.47. The number of anilines is 2. The molecule has 3 aromatic rings. The highest BCUT2D eigenvalue weighted by Gasteiger charge is 2.24. The van der Waals surface area contributed by atoms with Crippen molar-refractivity contribution in [2.45, 2.75) is 0 Å². The summed E-state index contributed by atoms with van der Waals surface area (Å²) in [5.74, 6) is 0.351. The average Bonchev–Trinajstić information content (AvgIpc) is 3.34. The number of halogens is 2. The summed E-state index contributed by atoms with van der Waals surface area (Å²) in [4.78, 5) is 29.5. The van der Waals surface area contributed by atoms with E-state index in [1.165, 1.54) is 11.3 Å². The van der Waals surface area contributed by atoms with Gasteiger partial charge in [-0.3, -0.25) is 9.59 Å². The van der Waals surface area contributed by atoms with Gasteiger partial charge in [0, 0.05) is 36.9 Å². The zero-order valence-corrected chi connectivity index (χ0v) is 19.4. The molecule has 0 bridgehead atoms. The Balaban J connectivity index is 1.30. The van der Waals surface area contributed by atoms with Gasteiger partial charge in [-0.05, 0) is 53.9 Å². The van der Waals surface area contributed by atoms with Crippen LogP contribution in [0.15, 0.2) is 60.0 Å².